The van der Waals surface area contributed by atoms with E-state index in [0.717, 1.165) is 56.9 Å². The first kappa shape index (κ1) is 35.9. The van der Waals surface area contributed by atoms with Gasteiger partial charge in [0, 0.05) is 56.2 Å². The molecule has 1 atom stereocenters. The van der Waals surface area contributed by atoms with Crippen molar-refractivity contribution in [1.29, 1.82) is 0 Å². The fourth-order valence-electron chi connectivity index (χ4n) is 7.05. The second kappa shape index (κ2) is 14.6. The standard InChI is InChI=1S/C33H35F8N7O/c1-43-46-31(45-42)47(17-20-11-24(32(36,37)38)15-25(12-20)33(39,40)41)18-23-13-22-14-26(34)27(35)16-28(22)44-30(23)48-9-2-3-29(48)21-6-4-19(5-7-21)8-10-49/h10-16,19,21,29H,2-9,17-18,42H2,1H3/t19?,21?,29-/m1/s1. The Bertz CT molecular complexity index is 1690. The highest BCUT2D eigenvalue weighted by atomic mass is 19.4. The summed E-state index contributed by atoms with van der Waals surface area (Å²) >= 11 is 0. The van der Waals surface area contributed by atoms with Crippen molar-refractivity contribution in [2.24, 2.45) is 33.0 Å². The molecular formula is C33H35F8N7O. The van der Waals surface area contributed by atoms with Crippen LogP contribution < -0.4 is 10.7 Å². The second-order valence-electron chi connectivity index (χ2n) is 12.5. The van der Waals surface area contributed by atoms with Gasteiger partial charge in [-0.15, -0.1) is 10.2 Å². The third-order valence-corrected chi connectivity index (χ3v) is 9.32. The minimum absolute atomic E-state index is 0.0235. The Morgan fingerprint density at radius 2 is 1.59 bits per heavy atom. The minimum atomic E-state index is -5.07. The molecule has 49 heavy (non-hydrogen) atoms. The minimum Gasteiger partial charge on any atom is -0.353 e. The largest absolute Gasteiger partial charge is 0.416 e. The Hall–Kier alpha value is -4.37. The second-order valence-corrected chi connectivity index (χ2v) is 12.5. The van der Waals surface area contributed by atoms with Crippen molar-refractivity contribution in [3.63, 3.8) is 0 Å². The molecule has 2 N–H and O–H groups in total. The lowest BCUT2D eigenvalue weighted by Crippen LogP contribution is -2.39. The highest BCUT2D eigenvalue weighted by Crippen LogP contribution is 2.41. The predicted octanol–water partition coefficient (Wildman–Crippen LogP) is 8.23. The average molecular weight is 698 g/mol. The SMILES string of the molecule is CN=NC(=NN)N(Cc1cc(C(F)(F)F)cc(C(F)(F)F)c1)Cc1cc2cc(F)c(F)cc2nc1N1CCC[C@@H]1C1CCC(CC=O)CC1. The lowest BCUT2D eigenvalue weighted by molar-refractivity contribution is -0.143. The Morgan fingerprint density at radius 3 is 2.18 bits per heavy atom. The van der Waals surface area contributed by atoms with E-state index in [1.807, 2.05) is 0 Å². The molecule has 3 aromatic rings. The Morgan fingerprint density at radius 1 is 0.939 bits per heavy atom. The number of fused-ring (bicyclic) bond motifs is 1. The van der Waals surface area contributed by atoms with Gasteiger partial charge in [-0.1, -0.05) is 0 Å². The van der Waals surface area contributed by atoms with Gasteiger partial charge in [0.05, 0.1) is 16.6 Å². The van der Waals surface area contributed by atoms with E-state index < -0.39 is 41.7 Å². The van der Waals surface area contributed by atoms with Gasteiger partial charge < -0.3 is 20.4 Å². The quantitative estimate of drug-likeness (QED) is 0.0487. The number of carbonyl (C=O) groups excluding carboxylic acids is 1. The van der Waals surface area contributed by atoms with Crippen molar-refractivity contribution >= 4 is 29.0 Å². The van der Waals surface area contributed by atoms with Crippen LogP contribution in [-0.2, 0) is 30.2 Å². The monoisotopic (exact) mass is 697 g/mol. The summed E-state index contributed by atoms with van der Waals surface area (Å²) in [5.41, 5.74) is -2.76. The third kappa shape index (κ3) is 8.27. The van der Waals surface area contributed by atoms with Gasteiger partial charge in [0.15, 0.2) is 11.6 Å². The first-order valence-corrected chi connectivity index (χ1v) is 15.8. The number of benzene rings is 2. The molecule has 0 spiro atoms. The molecule has 2 heterocycles. The number of pyridine rings is 1. The van der Waals surface area contributed by atoms with Crippen molar-refractivity contribution in [2.75, 3.05) is 18.5 Å². The van der Waals surface area contributed by atoms with Crippen molar-refractivity contribution in [1.82, 2.24) is 9.88 Å². The van der Waals surface area contributed by atoms with E-state index >= 15 is 0 Å². The third-order valence-electron chi connectivity index (χ3n) is 9.32. The highest BCUT2D eigenvalue weighted by molar-refractivity contribution is 5.83. The Kier molecular flexibility index (Phi) is 10.7. The molecule has 16 heteroatoms. The summed E-state index contributed by atoms with van der Waals surface area (Å²) < 4.78 is 111. The summed E-state index contributed by atoms with van der Waals surface area (Å²) in [5, 5.41) is 11.4. The van der Waals surface area contributed by atoms with Gasteiger partial charge in [-0.25, -0.2) is 13.8 Å². The molecule has 0 amide bonds. The number of halogens is 8. The number of anilines is 1. The van der Waals surface area contributed by atoms with Gasteiger partial charge in [0.1, 0.15) is 12.1 Å². The Labute approximate surface area is 277 Å². The fraction of sp³-hybridized carbons (Fsp3) is 0.485. The lowest BCUT2D eigenvalue weighted by Gasteiger charge is -2.38. The number of azo groups is 1. The van der Waals surface area contributed by atoms with E-state index in [1.165, 1.54) is 11.9 Å². The maximum atomic E-state index is 14.4. The summed E-state index contributed by atoms with van der Waals surface area (Å²) in [4.78, 5) is 19.2. The molecule has 2 aliphatic rings. The number of aldehydes is 1. The van der Waals surface area contributed by atoms with Crippen LogP contribution in [0.1, 0.15) is 67.2 Å². The fourth-order valence-corrected chi connectivity index (χ4v) is 7.05. The molecule has 2 aromatic carbocycles. The summed E-state index contributed by atoms with van der Waals surface area (Å²) in [7, 11) is 1.29. The van der Waals surface area contributed by atoms with Crippen molar-refractivity contribution in [2.45, 2.75) is 76.4 Å². The van der Waals surface area contributed by atoms with E-state index in [9.17, 15) is 39.9 Å². The molecule has 0 unspecified atom stereocenters. The summed E-state index contributed by atoms with van der Waals surface area (Å²) in [6, 6.07) is 4.78. The number of nitrogens with zero attached hydrogens (tertiary/aromatic N) is 6. The van der Waals surface area contributed by atoms with Crippen molar-refractivity contribution in [3.05, 3.63) is 70.3 Å². The van der Waals surface area contributed by atoms with Crippen LogP contribution >= 0.6 is 0 Å². The van der Waals surface area contributed by atoms with Gasteiger partial charge in [0.25, 0.3) is 5.96 Å². The van der Waals surface area contributed by atoms with E-state index in [1.54, 1.807) is 6.07 Å². The summed E-state index contributed by atoms with van der Waals surface area (Å²) in [5.74, 6) is 4.07. The van der Waals surface area contributed by atoms with Gasteiger partial charge in [-0.05, 0) is 86.3 Å². The van der Waals surface area contributed by atoms with Crippen LogP contribution in [0.5, 0.6) is 0 Å². The summed E-state index contributed by atoms with van der Waals surface area (Å²) in [6.07, 6.45) is -3.52. The molecule has 8 nitrogen and oxygen atoms in total. The predicted molar refractivity (Wildman–Crippen MR) is 166 cm³/mol. The molecule has 5 rings (SSSR count). The topological polar surface area (TPSA) is 99.5 Å². The Balaban J connectivity index is 1.59. The number of aromatic nitrogens is 1. The first-order chi connectivity index (χ1) is 23.2. The van der Waals surface area contributed by atoms with Gasteiger partial charge in [0.2, 0.25) is 0 Å². The normalized spacial score (nSPS) is 20.8. The average Bonchev–Trinajstić information content (AvgIpc) is 3.53. The zero-order chi connectivity index (χ0) is 35.5. The van der Waals surface area contributed by atoms with Crippen LogP contribution in [0.3, 0.4) is 0 Å². The van der Waals surface area contributed by atoms with Crippen LogP contribution in [0.25, 0.3) is 10.9 Å². The maximum Gasteiger partial charge on any atom is 0.416 e. The summed E-state index contributed by atoms with van der Waals surface area (Å²) in [6.45, 7) is -0.218. The van der Waals surface area contributed by atoms with Gasteiger partial charge >= 0.3 is 12.4 Å². The van der Waals surface area contributed by atoms with E-state index in [4.69, 9.17) is 10.8 Å². The number of hydrogen-bond acceptors (Lipinski definition) is 6. The molecule has 1 saturated heterocycles. The molecular weight excluding hydrogens is 662 g/mol. The van der Waals surface area contributed by atoms with E-state index in [2.05, 4.69) is 20.2 Å². The van der Waals surface area contributed by atoms with E-state index in [0.29, 0.717) is 42.4 Å². The molecule has 1 aliphatic heterocycles. The zero-order valence-corrected chi connectivity index (χ0v) is 26.5. The number of alkyl halides is 6. The number of guanidine groups is 1. The molecule has 264 valence electrons. The van der Waals surface area contributed by atoms with Crippen LogP contribution in [0.15, 0.2) is 51.7 Å². The lowest BCUT2D eigenvalue weighted by atomic mass is 9.77. The van der Waals surface area contributed by atoms with Gasteiger partial charge in [-0.3, -0.25) is 0 Å². The van der Waals surface area contributed by atoms with Crippen molar-refractivity contribution in [3.8, 4) is 0 Å². The maximum absolute atomic E-state index is 14.4. The van der Waals surface area contributed by atoms with Crippen molar-refractivity contribution < 1.29 is 39.9 Å². The zero-order valence-electron chi connectivity index (χ0n) is 26.5. The van der Waals surface area contributed by atoms with Crippen LogP contribution in [0.4, 0.5) is 40.9 Å². The number of carbonyl (C=O) groups is 1. The molecule has 1 aliphatic carbocycles. The molecule has 1 aromatic heterocycles. The molecule has 2 fully saturated rings. The number of hydrogen-bond donors (Lipinski definition) is 1. The van der Waals surface area contributed by atoms with Crippen LogP contribution in [0, 0.1) is 23.5 Å². The number of rotatable bonds is 8. The molecule has 0 bridgehead atoms. The number of hydrazone groups is 1. The van der Waals surface area contributed by atoms with E-state index in [-0.39, 0.29) is 47.0 Å². The first-order valence-electron chi connectivity index (χ1n) is 15.8. The van der Waals surface area contributed by atoms with Gasteiger partial charge in [-0.2, -0.15) is 31.5 Å². The molecule has 1 saturated carbocycles. The highest BCUT2D eigenvalue weighted by Gasteiger charge is 2.38. The van der Waals surface area contributed by atoms with Crippen LogP contribution in [0.2, 0.25) is 0 Å². The smallest absolute Gasteiger partial charge is 0.353 e. The van der Waals surface area contributed by atoms with Crippen LogP contribution in [-0.4, -0.2) is 41.8 Å². The molecule has 0 radical (unpaired) electrons. The number of nitrogens with two attached hydrogens (primary N) is 1.